The summed E-state index contributed by atoms with van der Waals surface area (Å²) in [6, 6.07) is 6.36. The van der Waals surface area contributed by atoms with Gasteiger partial charge in [0.2, 0.25) is 5.96 Å². The predicted molar refractivity (Wildman–Crippen MR) is 68.2 cm³/mol. The lowest BCUT2D eigenvalue weighted by Crippen LogP contribution is -2.36. The molecule has 1 rings (SSSR count). The molecule has 0 heterocycles. The van der Waals surface area contributed by atoms with Gasteiger partial charge < -0.3 is 11.5 Å². The molecule has 0 atom stereocenters. The van der Waals surface area contributed by atoms with Crippen molar-refractivity contribution < 1.29 is 5.03 Å². The van der Waals surface area contributed by atoms with E-state index in [1.807, 2.05) is 0 Å². The summed E-state index contributed by atoms with van der Waals surface area (Å²) in [5, 5.41) is 26.6. The molecule has 0 aromatic heterocycles. The summed E-state index contributed by atoms with van der Waals surface area (Å²) < 4.78 is 0. The highest BCUT2D eigenvalue weighted by atomic mass is 16.7. The monoisotopic (exact) mass is 265 g/mol. The quantitative estimate of drug-likeness (QED) is 0.169. The second-order valence-electron chi connectivity index (χ2n) is 3.11. The maximum atomic E-state index is 10.0. The van der Waals surface area contributed by atoms with Crippen LogP contribution >= 0.6 is 0 Å². The number of nitrogens with one attached hydrogen (secondary N) is 3. The molecule has 7 N–H and O–H groups in total. The Kier molecular flexibility index (Phi) is 4.72. The Balaban J connectivity index is 2.62. The van der Waals surface area contributed by atoms with E-state index in [2.05, 4.69) is 20.8 Å². The summed E-state index contributed by atoms with van der Waals surface area (Å²) in [6.07, 6.45) is 0. The number of hydrogen-bond acceptors (Lipinski definition) is 6. The van der Waals surface area contributed by atoms with Crippen LogP contribution in [-0.4, -0.2) is 17.0 Å². The SMILES string of the molecule is N=C(N)N=Nc1ccc(NN=C(N)N[N+](=O)[O-])cc1. The van der Waals surface area contributed by atoms with Gasteiger partial charge in [-0.3, -0.25) is 10.8 Å². The van der Waals surface area contributed by atoms with Crippen LogP contribution in [0.5, 0.6) is 0 Å². The third-order valence-electron chi connectivity index (χ3n) is 1.65. The van der Waals surface area contributed by atoms with Crippen LogP contribution in [0.4, 0.5) is 11.4 Å². The van der Waals surface area contributed by atoms with Crippen LogP contribution in [0.15, 0.2) is 39.6 Å². The second kappa shape index (κ2) is 6.48. The van der Waals surface area contributed by atoms with Gasteiger partial charge >= 0.3 is 0 Å². The lowest BCUT2D eigenvalue weighted by atomic mass is 10.3. The second-order valence-corrected chi connectivity index (χ2v) is 3.11. The lowest BCUT2D eigenvalue weighted by Gasteiger charge is -2.01. The number of nitro groups is 1. The summed E-state index contributed by atoms with van der Waals surface area (Å²) in [4.78, 5) is 10.0. The first-order valence-electron chi connectivity index (χ1n) is 4.83. The molecule has 0 spiro atoms. The van der Waals surface area contributed by atoms with Crippen LogP contribution in [0.2, 0.25) is 0 Å². The van der Waals surface area contributed by atoms with Crippen molar-refractivity contribution in [2.75, 3.05) is 5.43 Å². The highest BCUT2D eigenvalue weighted by molar-refractivity contribution is 5.77. The van der Waals surface area contributed by atoms with Crippen molar-refractivity contribution in [1.29, 1.82) is 5.41 Å². The van der Waals surface area contributed by atoms with Crippen LogP contribution in [0.3, 0.4) is 0 Å². The van der Waals surface area contributed by atoms with Gasteiger partial charge in [-0.1, -0.05) is 5.43 Å². The Morgan fingerprint density at radius 3 is 2.47 bits per heavy atom. The Bertz CT molecular complexity index is 522. The zero-order chi connectivity index (χ0) is 14.3. The molecule has 1 aromatic rings. The van der Waals surface area contributed by atoms with Crippen LogP contribution in [-0.2, 0) is 0 Å². The predicted octanol–water partition coefficient (Wildman–Crippen LogP) is 0.0867. The molecule has 0 radical (unpaired) electrons. The molecule has 11 heteroatoms. The number of anilines is 1. The maximum Gasteiger partial charge on any atom is 0.273 e. The molecule has 0 unspecified atom stereocenters. The zero-order valence-corrected chi connectivity index (χ0v) is 9.57. The number of hydrogen-bond donors (Lipinski definition) is 5. The first-order chi connectivity index (χ1) is 8.97. The van der Waals surface area contributed by atoms with Gasteiger partial charge in [0, 0.05) is 0 Å². The summed E-state index contributed by atoms with van der Waals surface area (Å²) in [5.74, 6) is -0.782. The summed E-state index contributed by atoms with van der Waals surface area (Å²) in [7, 11) is 0. The van der Waals surface area contributed by atoms with Gasteiger partial charge in [0.15, 0.2) is 5.03 Å². The third-order valence-corrected chi connectivity index (χ3v) is 1.65. The van der Waals surface area contributed by atoms with Crippen molar-refractivity contribution in [3.63, 3.8) is 0 Å². The first-order valence-corrected chi connectivity index (χ1v) is 4.83. The zero-order valence-electron chi connectivity index (χ0n) is 9.57. The van der Waals surface area contributed by atoms with E-state index in [1.165, 1.54) is 0 Å². The van der Waals surface area contributed by atoms with E-state index in [0.717, 1.165) is 0 Å². The van der Waals surface area contributed by atoms with Crippen molar-refractivity contribution in [3.05, 3.63) is 34.4 Å². The van der Waals surface area contributed by atoms with Gasteiger partial charge in [-0.25, -0.2) is 10.1 Å². The average molecular weight is 265 g/mol. The van der Waals surface area contributed by atoms with Gasteiger partial charge in [-0.05, 0) is 24.3 Å². The first kappa shape index (κ1) is 13.8. The normalized spacial score (nSPS) is 11.3. The molecular formula is C8H11N9O2. The lowest BCUT2D eigenvalue weighted by molar-refractivity contribution is -0.525. The highest BCUT2D eigenvalue weighted by Crippen LogP contribution is 2.16. The van der Waals surface area contributed by atoms with Gasteiger partial charge in [0.1, 0.15) is 0 Å². The molecule has 0 amide bonds. The van der Waals surface area contributed by atoms with Gasteiger partial charge in [0.25, 0.3) is 5.96 Å². The van der Waals surface area contributed by atoms with Gasteiger partial charge in [-0.2, -0.15) is 0 Å². The van der Waals surface area contributed by atoms with Crippen molar-refractivity contribution >= 4 is 23.3 Å². The number of hydrazone groups is 1. The Labute approximate surface area is 107 Å². The molecule has 0 saturated carbocycles. The van der Waals surface area contributed by atoms with Crippen LogP contribution < -0.4 is 22.3 Å². The van der Waals surface area contributed by atoms with E-state index in [-0.39, 0.29) is 5.96 Å². The Hall–Kier alpha value is -3.24. The number of benzene rings is 1. The smallest absolute Gasteiger partial charge is 0.273 e. The molecule has 0 bridgehead atoms. The average Bonchev–Trinajstić information content (AvgIpc) is 2.34. The van der Waals surface area contributed by atoms with Crippen LogP contribution in [0.1, 0.15) is 0 Å². The standard InChI is InChI=1S/C8H11N9O2/c9-7(10)14-12-5-1-3-6(4-2-5)13-15-8(11)16-17(18)19/h1-4,13H,(H3,9,10)(H3,11,15,16). The molecule has 11 nitrogen and oxygen atoms in total. The number of hydrazine groups is 1. The van der Waals surface area contributed by atoms with E-state index in [1.54, 1.807) is 29.7 Å². The minimum Gasteiger partial charge on any atom is -0.367 e. The van der Waals surface area contributed by atoms with E-state index in [4.69, 9.17) is 16.9 Å². The summed E-state index contributed by atoms with van der Waals surface area (Å²) in [6.45, 7) is 0. The number of nitrogens with zero attached hydrogens (tertiary/aromatic N) is 4. The molecule has 1 aromatic carbocycles. The topological polar surface area (TPSA) is 180 Å². The minimum atomic E-state index is -0.828. The molecule has 0 aliphatic heterocycles. The van der Waals surface area contributed by atoms with E-state index in [0.29, 0.717) is 11.4 Å². The molecule has 0 saturated heterocycles. The van der Waals surface area contributed by atoms with E-state index < -0.39 is 11.0 Å². The number of azo groups is 1. The molecule has 19 heavy (non-hydrogen) atoms. The highest BCUT2D eigenvalue weighted by Gasteiger charge is 1.98. The van der Waals surface area contributed by atoms with Crippen molar-refractivity contribution in [3.8, 4) is 0 Å². The number of nitrogens with two attached hydrogens (primary N) is 2. The molecule has 0 fully saturated rings. The largest absolute Gasteiger partial charge is 0.367 e. The Morgan fingerprint density at radius 1 is 1.32 bits per heavy atom. The molecule has 100 valence electrons. The fourth-order valence-corrected chi connectivity index (χ4v) is 0.958. The fraction of sp³-hybridized carbons (Fsp3) is 0. The fourth-order valence-electron chi connectivity index (χ4n) is 0.958. The van der Waals surface area contributed by atoms with E-state index >= 15 is 0 Å². The van der Waals surface area contributed by atoms with E-state index in [9.17, 15) is 10.1 Å². The Morgan fingerprint density at radius 2 is 1.95 bits per heavy atom. The van der Waals surface area contributed by atoms with Crippen molar-refractivity contribution in [1.82, 2.24) is 5.43 Å². The molecule has 0 aliphatic rings. The molecular weight excluding hydrogens is 254 g/mol. The van der Waals surface area contributed by atoms with Crippen LogP contribution in [0.25, 0.3) is 0 Å². The minimum absolute atomic E-state index is 0.384. The summed E-state index contributed by atoms with van der Waals surface area (Å²) in [5.41, 5.74) is 15.4. The van der Waals surface area contributed by atoms with Gasteiger partial charge in [0.05, 0.1) is 11.4 Å². The summed E-state index contributed by atoms with van der Waals surface area (Å²) >= 11 is 0. The maximum absolute atomic E-state index is 10.0. The van der Waals surface area contributed by atoms with Crippen molar-refractivity contribution in [2.45, 2.75) is 0 Å². The van der Waals surface area contributed by atoms with Crippen molar-refractivity contribution in [2.24, 2.45) is 26.8 Å². The number of guanidine groups is 2. The number of rotatable bonds is 4. The third kappa shape index (κ3) is 5.58. The van der Waals surface area contributed by atoms with Crippen LogP contribution in [0, 0.1) is 15.5 Å². The molecule has 0 aliphatic carbocycles. The van der Waals surface area contributed by atoms with Gasteiger partial charge in [-0.15, -0.1) is 15.3 Å².